The molecular formula is C19H19N3O2. The topological polar surface area (TPSA) is 82.0 Å². The summed E-state index contributed by atoms with van der Waals surface area (Å²) in [7, 11) is 0. The molecule has 0 heterocycles. The third-order valence-electron chi connectivity index (χ3n) is 3.61. The Morgan fingerprint density at radius 2 is 1.96 bits per heavy atom. The first-order chi connectivity index (χ1) is 11.6. The SMILES string of the molecule is C=CC(=O)NC(Cc1ccc2ccccc2c1)C(=O)NCCC#N. The molecule has 0 fully saturated rings. The van der Waals surface area contributed by atoms with E-state index >= 15 is 0 Å². The standard InChI is InChI=1S/C19H19N3O2/c1-2-18(23)22-17(19(24)21-11-5-10-20)13-14-8-9-15-6-3-4-7-16(15)12-14/h2-4,6-9,12,17H,1,5,11,13H2,(H,21,24)(H,22,23). The third kappa shape index (κ3) is 4.68. The van der Waals surface area contributed by atoms with Gasteiger partial charge >= 0.3 is 0 Å². The number of fused-ring (bicyclic) bond motifs is 1. The van der Waals surface area contributed by atoms with E-state index in [9.17, 15) is 9.59 Å². The van der Waals surface area contributed by atoms with Crippen LogP contribution in [0.5, 0.6) is 0 Å². The molecule has 0 aliphatic heterocycles. The summed E-state index contributed by atoms with van der Waals surface area (Å²) in [6.07, 6.45) is 1.72. The van der Waals surface area contributed by atoms with Crippen molar-refractivity contribution in [3.05, 3.63) is 60.7 Å². The number of carbonyl (C=O) groups is 2. The second-order valence-electron chi connectivity index (χ2n) is 5.35. The Morgan fingerprint density at radius 3 is 2.67 bits per heavy atom. The fourth-order valence-corrected chi connectivity index (χ4v) is 2.41. The molecule has 2 rings (SSSR count). The van der Waals surface area contributed by atoms with Crippen LogP contribution in [0, 0.1) is 11.3 Å². The van der Waals surface area contributed by atoms with Crippen LogP contribution < -0.4 is 10.6 Å². The van der Waals surface area contributed by atoms with Gasteiger partial charge in [-0.25, -0.2) is 0 Å². The summed E-state index contributed by atoms with van der Waals surface area (Å²) in [4.78, 5) is 23.9. The van der Waals surface area contributed by atoms with E-state index in [1.54, 1.807) is 0 Å². The van der Waals surface area contributed by atoms with Crippen molar-refractivity contribution in [2.45, 2.75) is 18.9 Å². The number of amides is 2. The monoisotopic (exact) mass is 321 g/mol. The molecule has 1 unspecified atom stereocenters. The Morgan fingerprint density at radius 1 is 1.21 bits per heavy atom. The summed E-state index contributed by atoms with van der Waals surface area (Å²) in [5, 5.41) is 16.0. The van der Waals surface area contributed by atoms with Gasteiger partial charge in [0.15, 0.2) is 0 Å². The molecule has 2 N–H and O–H groups in total. The lowest BCUT2D eigenvalue weighted by molar-refractivity contribution is -0.127. The Labute approximate surface area is 141 Å². The molecule has 0 bridgehead atoms. The van der Waals surface area contributed by atoms with E-state index in [-0.39, 0.29) is 18.9 Å². The van der Waals surface area contributed by atoms with Crippen LogP contribution in [0.3, 0.4) is 0 Å². The number of carbonyl (C=O) groups excluding carboxylic acids is 2. The van der Waals surface area contributed by atoms with Crippen LogP contribution in [0.25, 0.3) is 10.8 Å². The lowest BCUT2D eigenvalue weighted by Crippen LogP contribution is -2.47. The molecule has 0 aromatic heterocycles. The first kappa shape index (κ1) is 17.2. The third-order valence-corrected chi connectivity index (χ3v) is 3.61. The first-order valence-corrected chi connectivity index (χ1v) is 7.69. The number of nitrogens with zero attached hydrogens (tertiary/aromatic N) is 1. The van der Waals surface area contributed by atoms with E-state index in [4.69, 9.17) is 5.26 Å². The molecule has 0 saturated heterocycles. The van der Waals surface area contributed by atoms with E-state index in [2.05, 4.69) is 17.2 Å². The molecule has 0 spiro atoms. The van der Waals surface area contributed by atoms with E-state index in [1.807, 2.05) is 48.5 Å². The van der Waals surface area contributed by atoms with Crippen molar-refractivity contribution >= 4 is 22.6 Å². The molecule has 24 heavy (non-hydrogen) atoms. The summed E-state index contributed by atoms with van der Waals surface area (Å²) in [6.45, 7) is 3.67. The van der Waals surface area contributed by atoms with Crippen LogP contribution in [0.15, 0.2) is 55.1 Å². The first-order valence-electron chi connectivity index (χ1n) is 7.69. The van der Waals surface area contributed by atoms with Crippen LogP contribution >= 0.6 is 0 Å². The van der Waals surface area contributed by atoms with Gasteiger partial charge in [-0.15, -0.1) is 0 Å². The van der Waals surface area contributed by atoms with Gasteiger partial charge in [0, 0.05) is 13.0 Å². The second-order valence-corrected chi connectivity index (χ2v) is 5.35. The van der Waals surface area contributed by atoms with Gasteiger partial charge in [0.25, 0.3) is 0 Å². The molecule has 1 atom stereocenters. The molecule has 2 aromatic rings. The molecular weight excluding hydrogens is 302 g/mol. The van der Waals surface area contributed by atoms with Crippen LogP contribution in [-0.4, -0.2) is 24.4 Å². The maximum Gasteiger partial charge on any atom is 0.244 e. The number of hydrogen-bond acceptors (Lipinski definition) is 3. The zero-order valence-corrected chi connectivity index (χ0v) is 13.3. The fraction of sp³-hybridized carbons (Fsp3) is 0.211. The van der Waals surface area contributed by atoms with E-state index in [0.29, 0.717) is 6.42 Å². The lowest BCUT2D eigenvalue weighted by atomic mass is 10.0. The van der Waals surface area contributed by atoms with Gasteiger partial charge in [0.1, 0.15) is 6.04 Å². The molecule has 5 nitrogen and oxygen atoms in total. The molecule has 0 saturated carbocycles. The largest absolute Gasteiger partial charge is 0.353 e. The van der Waals surface area contributed by atoms with Gasteiger partial charge in [-0.3, -0.25) is 9.59 Å². The highest BCUT2D eigenvalue weighted by atomic mass is 16.2. The zero-order chi connectivity index (χ0) is 17.4. The van der Waals surface area contributed by atoms with Crippen molar-refractivity contribution in [2.75, 3.05) is 6.54 Å². The average molecular weight is 321 g/mol. The van der Waals surface area contributed by atoms with Crippen LogP contribution in [0.4, 0.5) is 0 Å². The Balaban J connectivity index is 2.15. The average Bonchev–Trinajstić information content (AvgIpc) is 2.61. The van der Waals surface area contributed by atoms with Crippen molar-refractivity contribution in [1.82, 2.24) is 10.6 Å². The lowest BCUT2D eigenvalue weighted by Gasteiger charge is -2.17. The van der Waals surface area contributed by atoms with Gasteiger partial charge in [0.2, 0.25) is 11.8 Å². The summed E-state index contributed by atoms with van der Waals surface area (Å²) < 4.78 is 0. The van der Waals surface area contributed by atoms with Crippen molar-refractivity contribution in [3.8, 4) is 6.07 Å². The van der Waals surface area contributed by atoms with E-state index in [0.717, 1.165) is 22.4 Å². The van der Waals surface area contributed by atoms with E-state index < -0.39 is 11.9 Å². The highest BCUT2D eigenvalue weighted by Gasteiger charge is 2.20. The predicted octanol–water partition coefficient (Wildman–Crippen LogP) is 2.08. The normalized spacial score (nSPS) is 11.3. The van der Waals surface area contributed by atoms with E-state index in [1.165, 1.54) is 0 Å². The molecule has 2 aromatic carbocycles. The van der Waals surface area contributed by atoms with Crippen LogP contribution in [0.2, 0.25) is 0 Å². The zero-order valence-electron chi connectivity index (χ0n) is 13.3. The predicted molar refractivity (Wildman–Crippen MR) is 93.0 cm³/mol. The minimum absolute atomic E-state index is 0.226. The van der Waals surface area contributed by atoms with Crippen LogP contribution in [0.1, 0.15) is 12.0 Å². The Kier molecular flexibility index (Phi) is 6.09. The fourth-order valence-electron chi connectivity index (χ4n) is 2.41. The van der Waals surface area contributed by atoms with Gasteiger partial charge in [-0.2, -0.15) is 5.26 Å². The van der Waals surface area contributed by atoms with Crippen LogP contribution in [-0.2, 0) is 16.0 Å². The van der Waals surface area contributed by atoms with Crippen molar-refractivity contribution in [1.29, 1.82) is 5.26 Å². The van der Waals surface area contributed by atoms with Gasteiger partial charge in [-0.05, 0) is 22.4 Å². The minimum Gasteiger partial charge on any atom is -0.353 e. The number of benzene rings is 2. The maximum atomic E-state index is 12.3. The summed E-state index contributed by atoms with van der Waals surface area (Å²) in [5.41, 5.74) is 0.943. The molecule has 122 valence electrons. The Hall–Kier alpha value is -3.13. The molecule has 0 aliphatic rings. The smallest absolute Gasteiger partial charge is 0.244 e. The molecule has 2 amide bonds. The van der Waals surface area contributed by atoms with Gasteiger partial charge in [-0.1, -0.05) is 49.0 Å². The number of rotatable bonds is 7. The number of nitriles is 1. The van der Waals surface area contributed by atoms with Gasteiger partial charge < -0.3 is 10.6 Å². The molecule has 0 aliphatic carbocycles. The summed E-state index contributed by atoms with van der Waals surface area (Å²) in [6, 6.07) is 15.1. The maximum absolute atomic E-state index is 12.3. The molecule has 5 heteroatoms. The second kappa shape index (κ2) is 8.49. The minimum atomic E-state index is -0.713. The highest BCUT2D eigenvalue weighted by molar-refractivity contribution is 5.92. The van der Waals surface area contributed by atoms with Crippen molar-refractivity contribution in [3.63, 3.8) is 0 Å². The number of nitrogens with one attached hydrogen (secondary N) is 2. The summed E-state index contributed by atoms with van der Waals surface area (Å²) >= 11 is 0. The van der Waals surface area contributed by atoms with Crippen molar-refractivity contribution < 1.29 is 9.59 Å². The number of hydrogen-bond donors (Lipinski definition) is 2. The molecule has 0 radical (unpaired) electrons. The van der Waals surface area contributed by atoms with Gasteiger partial charge in [0.05, 0.1) is 12.5 Å². The summed E-state index contributed by atoms with van der Waals surface area (Å²) in [5.74, 6) is -0.718. The highest BCUT2D eigenvalue weighted by Crippen LogP contribution is 2.16. The Bertz CT molecular complexity index is 793. The van der Waals surface area contributed by atoms with Crippen molar-refractivity contribution in [2.24, 2.45) is 0 Å². The quantitative estimate of drug-likeness (QED) is 0.605.